The van der Waals surface area contributed by atoms with Crippen LogP contribution in [0.25, 0.3) is 38.5 Å². The van der Waals surface area contributed by atoms with Crippen molar-refractivity contribution in [3.63, 3.8) is 0 Å². The molecule has 0 saturated heterocycles. The number of hydrogen-bond acceptors (Lipinski definition) is 5. The summed E-state index contributed by atoms with van der Waals surface area (Å²) < 4.78 is 3.92. The summed E-state index contributed by atoms with van der Waals surface area (Å²) in [4.78, 5) is 8.17. The van der Waals surface area contributed by atoms with Crippen LogP contribution in [0.5, 0.6) is 0 Å². The van der Waals surface area contributed by atoms with Gasteiger partial charge in [0.25, 0.3) is 0 Å². The molecule has 5 nitrogen and oxygen atoms in total. The van der Waals surface area contributed by atoms with Gasteiger partial charge in [0.05, 0.1) is 12.3 Å². The van der Waals surface area contributed by atoms with Crippen molar-refractivity contribution >= 4 is 17.2 Å². The average Bonchev–Trinajstić information content (AvgIpc) is 3.45. The van der Waals surface area contributed by atoms with Gasteiger partial charge >= 0.3 is 0 Å². The van der Waals surface area contributed by atoms with Gasteiger partial charge in [-0.2, -0.15) is 0 Å². The summed E-state index contributed by atoms with van der Waals surface area (Å²) in [6.45, 7) is 8.91. The van der Waals surface area contributed by atoms with Crippen LogP contribution in [0.4, 0.5) is 5.69 Å². The van der Waals surface area contributed by atoms with Gasteiger partial charge in [-0.05, 0) is 39.9 Å². The van der Waals surface area contributed by atoms with Gasteiger partial charge in [-0.1, -0.05) is 83.4 Å². The van der Waals surface area contributed by atoms with Gasteiger partial charge in [-0.3, -0.25) is 4.98 Å². The second-order valence-electron chi connectivity index (χ2n) is 7.86. The number of nitrogens with one attached hydrogen (secondary N) is 1. The summed E-state index contributed by atoms with van der Waals surface area (Å²) in [7, 11) is 0. The Kier molecular flexibility index (Phi) is 6.48. The van der Waals surface area contributed by atoms with Crippen LogP contribution in [0.2, 0.25) is 0 Å². The molecule has 0 aliphatic carbocycles. The Labute approximate surface area is 202 Å². The molecular formula is C28H21N5S. The van der Waals surface area contributed by atoms with Crippen LogP contribution in [0.1, 0.15) is 11.1 Å². The Bertz CT molecular complexity index is 1410. The first-order valence-corrected chi connectivity index (χ1v) is 11.7. The smallest absolute Gasteiger partial charge is 0.205 e. The van der Waals surface area contributed by atoms with Gasteiger partial charge in [-0.15, -0.1) is 5.10 Å². The summed E-state index contributed by atoms with van der Waals surface area (Å²) in [5.41, 5.74) is 8.90. The Balaban J connectivity index is 1.26. The molecule has 1 N–H and O–H groups in total. The van der Waals surface area contributed by atoms with Crippen LogP contribution in [0.15, 0.2) is 96.5 Å². The third-order valence-electron chi connectivity index (χ3n) is 5.58. The molecule has 0 radical (unpaired) electrons. The Morgan fingerprint density at radius 3 is 2.09 bits per heavy atom. The highest BCUT2D eigenvalue weighted by atomic mass is 32.1. The van der Waals surface area contributed by atoms with Crippen molar-refractivity contribution in [1.29, 1.82) is 0 Å². The number of pyridine rings is 1. The van der Waals surface area contributed by atoms with Gasteiger partial charge in [0.2, 0.25) is 5.69 Å². The molecule has 0 fully saturated rings. The van der Waals surface area contributed by atoms with E-state index in [9.17, 15) is 0 Å². The summed E-state index contributed by atoms with van der Waals surface area (Å²) in [5.74, 6) is 0. The van der Waals surface area contributed by atoms with E-state index in [0.717, 1.165) is 46.7 Å². The van der Waals surface area contributed by atoms with Crippen molar-refractivity contribution in [2.24, 2.45) is 0 Å². The van der Waals surface area contributed by atoms with Gasteiger partial charge in [0.15, 0.2) is 0 Å². The lowest BCUT2D eigenvalue weighted by molar-refractivity contribution is 0.693. The fourth-order valence-electron chi connectivity index (χ4n) is 3.80. The van der Waals surface area contributed by atoms with Gasteiger partial charge < -0.3 is 5.32 Å². The topological polar surface area (TPSA) is 55.1 Å². The zero-order valence-corrected chi connectivity index (χ0v) is 19.2. The molecule has 0 saturated carbocycles. The van der Waals surface area contributed by atoms with Crippen molar-refractivity contribution in [3.8, 4) is 33.6 Å². The van der Waals surface area contributed by atoms with E-state index in [1.165, 1.54) is 22.7 Å². The molecule has 5 rings (SSSR count). The first kappa shape index (κ1) is 21.7. The molecular weight excluding hydrogens is 438 g/mol. The molecule has 0 unspecified atom stereocenters. The predicted octanol–water partition coefficient (Wildman–Crippen LogP) is 6.77. The quantitative estimate of drug-likeness (QED) is 0.273. The Hall–Kier alpha value is -4.18. The van der Waals surface area contributed by atoms with Crippen LogP contribution in [-0.2, 0) is 13.1 Å². The van der Waals surface area contributed by atoms with Crippen molar-refractivity contribution < 1.29 is 0 Å². The molecule has 164 valence electrons. The van der Waals surface area contributed by atoms with E-state index < -0.39 is 0 Å². The van der Waals surface area contributed by atoms with Gasteiger partial charge in [0.1, 0.15) is 5.69 Å². The van der Waals surface area contributed by atoms with E-state index in [1.54, 1.807) is 6.20 Å². The van der Waals surface area contributed by atoms with Crippen LogP contribution in [0.3, 0.4) is 0 Å². The molecule has 6 heteroatoms. The Morgan fingerprint density at radius 2 is 1.47 bits per heavy atom. The molecule has 0 spiro atoms. The lowest BCUT2D eigenvalue weighted by Gasteiger charge is -2.11. The van der Waals surface area contributed by atoms with E-state index in [1.807, 2.05) is 41.8 Å². The largest absolute Gasteiger partial charge is 0.309 e. The standard InChI is InChI=1S/C28H21N5S/c1-29-25-15-26(22-5-3-2-4-6-22)28(31-18-25)24-13-9-21(10-14-24)17-30-16-20-7-11-23(12-8-20)27-19-34-33-32-27/h2-15,18-19,30H,16-17H2. The molecule has 2 aromatic heterocycles. The minimum atomic E-state index is 0.541. The molecule has 0 atom stereocenters. The fourth-order valence-corrected chi connectivity index (χ4v) is 4.26. The number of aromatic nitrogens is 3. The van der Waals surface area contributed by atoms with E-state index in [2.05, 4.69) is 73.3 Å². The Morgan fingerprint density at radius 1 is 0.794 bits per heavy atom. The number of benzene rings is 3. The van der Waals surface area contributed by atoms with Crippen LogP contribution >= 0.6 is 11.5 Å². The van der Waals surface area contributed by atoms with Gasteiger partial charge in [-0.25, -0.2) is 4.85 Å². The maximum atomic E-state index is 7.35. The summed E-state index contributed by atoms with van der Waals surface area (Å²) >= 11 is 1.36. The van der Waals surface area contributed by atoms with Crippen molar-refractivity contribution in [2.75, 3.05) is 0 Å². The van der Waals surface area contributed by atoms with E-state index >= 15 is 0 Å². The molecule has 2 heterocycles. The molecule has 0 bridgehead atoms. The highest BCUT2D eigenvalue weighted by Gasteiger charge is 2.10. The predicted molar refractivity (Wildman–Crippen MR) is 137 cm³/mol. The molecule has 0 amide bonds. The number of hydrogen-bond donors (Lipinski definition) is 1. The minimum Gasteiger partial charge on any atom is -0.309 e. The van der Waals surface area contributed by atoms with E-state index in [0.29, 0.717) is 5.69 Å². The number of rotatable bonds is 7. The van der Waals surface area contributed by atoms with Crippen molar-refractivity contribution in [1.82, 2.24) is 19.9 Å². The van der Waals surface area contributed by atoms with Crippen LogP contribution < -0.4 is 5.32 Å². The first-order valence-electron chi connectivity index (χ1n) is 10.9. The van der Waals surface area contributed by atoms with Gasteiger partial charge in [0, 0.05) is 35.8 Å². The highest BCUT2D eigenvalue weighted by molar-refractivity contribution is 7.03. The summed E-state index contributed by atoms with van der Waals surface area (Å²) in [5, 5.41) is 9.58. The normalized spacial score (nSPS) is 10.7. The van der Waals surface area contributed by atoms with Crippen molar-refractivity contribution in [3.05, 3.63) is 119 Å². The highest BCUT2D eigenvalue weighted by Crippen LogP contribution is 2.33. The fraction of sp³-hybridized carbons (Fsp3) is 0.0714. The molecule has 34 heavy (non-hydrogen) atoms. The van der Waals surface area contributed by atoms with Crippen LogP contribution in [0, 0.1) is 6.57 Å². The summed E-state index contributed by atoms with van der Waals surface area (Å²) in [6, 6.07) is 28.9. The SMILES string of the molecule is [C-]#[N+]c1cnc(-c2ccc(CNCc3ccc(-c4csnn4)cc3)cc2)c(-c2ccccc2)c1. The minimum absolute atomic E-state index is 0.541. The first-order chi connectivity index (χ1) is 16.8. The second kappa shape index (κ2) is 10.2. The lowest BCUT2D eigenvalue weighted by Crippen LogP contribution is -2.12. The zero-order valence-electron chi connectivity index (χ0n) is 18.3. The number of nitrogens with zero attached hydrogens (tertiary/aromatic N) is 4. The van der Waals surface area contributed by atoms with Crippen LogP contribution in [-0.4, -0.2) is 14.6 Å². The molecule has 3 aromatic carbocycles. The van der Waals surface area contributed by atoms with Crippen molar-refractivity contribution in [2.45, 2.75) is 13.1 Å². The third kappa shape index (κ3) is 4.91. The molecule has 0 aliphatic rings. The maximum Gasteiger partial charge on any atom is 0.205 e. The average molecular weight is 460 g/mol. The molecule has 5 aromatic rings. The molecule has 0 aliphatic heterocycles. The summed E-state index contributed by atoms with van der Waals surface area (Å²) in [6.07, 6.45) is 1.64. The maximum absolute atomic E-state index is 7.35. The zero-order chi connectivity index (χ0) is 23.2. The lowest BCUT2D eigenvalue weighted by atomic mass is 9.98. The van der Waals surface area contributed by atoms with E-state index in [-0.39, 0.29) is 0 Å². The van der Waals surface area contributed by atoms with E-state index in [4.69, 9.17) is 6.57 Å². The monoisotopic (exact) mass is 459 g/mol. The third-order valence-corrected chi connectivity index (χ3v) is 6.09. The second-order valence-corrected chi connectivity index (χ2v) is 8.46.